The van der Waals surface area contributed by atoms with Gasteiger partial charge in [-0.1, -0.05) is 43.0 Å². The average Bonchev–Trinajstić information content (AvgIpc) is 2.52. The Kier molecular flexibility index (Phi) is 4.56. The highest BCUT2D eigenvalue weighted by molar-refractivity contribution is 5.93. The molecule has 0 N–H and O–H groups in total. The Labute approximate surface area is 118 Å². The van der Waals surface area contributed by atoms with E-state index in [-0.39, 0.29) is 12.6 Å². The smallest absolute Gasteiger partial charge is 0.339 e. The first-order valence-corrected chi connectivity index (χ1v) is 6.26. The third kappa shape index (κ3) is 3.26. The van der Waals surface area contributed by atoms with Crippen LogP contribution in [0.15, 0.2) is 55.1 Å². The van der Waals surface area contributed by atoms with Crippen molar-refractivity contribution in [2.45, 2.75) is 6.61 Å². The first-order chi connectivity index (χ1) is 9.74. The standard InChI is InChI=1S/C17H16O3/c1-3-14-11-15(19-2)9-10-16(14)17(18)20-12-13-7-5-4-6-8-13/h3-11H,1,12H2,2H3. The van der Waals surface area contributed by atoms with E-state index in [1.54, 1.807) is 31.4 Å². The molecule has 0 saturated carbocycles. The summed E-state index contributed by atoms with van der Waals surface area (Å²) in [6.45, 7) is 3.96. The van der Waals surface area contributed by atoms with Crippen molar-refractivity contribution in [2.24, 2.45) is 0 Å². The number of hydrogen-bond donors (Lipinski definition) is 0. The first-order valence-electron chi connectivity index (χ1n) is 6.26. The van der Waals surface area contributed by atoms with Gasteiger partial charge in [0.05, 0.1) is 12.7 Å². The van der Waals surface area contributed by atoms with E-state index in [0.29, 0.717) is 16.9 Å². The molecule has 0 saturated heterocycles. The van der Waals surface area contributed by atoms with Crippen LogP contribution in [-0.2, 0) is 11.3 Å². The summed E-state index contributed by atoms with van der Waals surface area (Å²) in [5, 5.41) is 0. The van der Waals surface area contributed by atoms with E-state index in [1.807, 2.05) is 30.3 Å². The highest BCUT2D eigenvalue weighted by atomic mass is 16.5. The van der Waals surface area contributed by atoms with Crippen LogP contribution in [0.2, 0.25) is 0 Å². The van der Waals surface area contributed by atoms with Crippen LogP contribution in [0.5, 0.6) is 5.75 Å². The van der Waals surface area contributed by atoms with E-state index in [1.165, 1.54) is 0 Å². The van der Waals surface area contributed by atoms with Gasteiger partial charge in [-0.25, -0.2) is 4.79 Å². The lowest BCUT2D eigenvalue weighted by molar-refractivity contribution is 0.0472. The Morgan fingerprint density at radius 2 is 1.95 bits per heavy atom. The molecule has 0 spiro atoms. The lowest BCUT2D eigenvalue weighted by atomic mass is 10.1. The topological polar surface area (TPSA) is 35.5 Å². The number of hydrogen-bond acceptors (Lipinski definition) is 3. The fraction of sp³-hybridized carbons (Fsp3) is 0.118. The Bertz CT molecular complexity index is 603. The Hall–Kier alpha value is -2.55. The molecule has 102 valence electrons. The highest BCUT2D eigenvalue weighted by Gasteiger charge is 2.12. The highest BCUT2D eigenvalue weighted by Crippen LogP contribution is 2.20. The summed E-state index contributed by atoms with van der Waals surface area (Å²) >= 11 is 0. The lowest BCUT2D eigenvalue weighted by Gasteiger charge is -2.09. The molecule has 0 aromatic heterocycles. The van der Waals surface area contributed by atoms with Gasteiger partial charge < -0.3 is 9.47 Å². The molecule has 0 atom stereocenters. The second-order valence-corrected chi connectivity index (χ2v) is 4.22. The second kappa shape index (κ2) is 6.57. The summed E-state index contributed by atoms with van der Waals surface area (Å²) in [5.41, 5.74) is 2.13. The zero-order valence-electron chi connectivity index (χ0n) is 11.3. The molecule has 0 heterocycles. The molecular weight excluding hydrogens is 252 g/mol. The number of carbonyl (C=O) groups excluding carboxylic acids is 1. The van der Waals surface area contributed by atoms with Gasteiger partial charge in [-0.3, -0.25) is 0 Å². The molecule has 20 heavy (non-hydrogen) atoms. The number of benzene rings is 2. The minimum atomic E-state index is -0.369. The lowest BCUT2D eigenvalue weighted by Crippen LogP contribution is -2.07. The molecular formula is C17H16O3. The number of ether oxygens (including phenoxy) is 2. The van der Waals surface area contributed by atoms with Gasteiger partial charge in [-0.2, -0.15) is 0 Å². The van der Waals surface area contributed by atoms with E-state index in [9.17, 15) is 4.79 Å². The molecule has 0 bridgehead atoms. The van der Waals surface area contributed by atoms with Crippen LogP contribution in [-0.4, -0.2) is 13.1 Å². The number of esters is 1. The molecule has 0 unspecified atom stereocenters. The molecule has 2 aromatic carbocycles. The molecule has 3 heteroatoms. The van der Waals surface area contributed by atoms with Crippen molar-refractivity contribution >= 4 is 12.0 Å². The second-order valence-electron chi connectivity index (χ2n) is 4.22. The zero-order valence-corrected chi connectivity index (χ0v) is 11.3. The molecule has 0 aliphatic rings. The van der Waals surface area contributed by atoms with Gasteiger partial charge in [0, 0.05) is 0 Å². The summed E-state index contributed by atoms with van der Waals surface area (Å²) in [7, 11) is 1.58. The third-order valence-electron chi connectivity index (χ3n) is 2.91. The Morgan fingerprint density at radius 1 is 1.20 bits per heavy atom. The van der Waals surface area contributed by atoms with Crippen molar-refractivity contribution < 1.29 is 14.3 Å². The summed E-state index contributed by atoms with van der Waals surface area (Å²) < 4.78 is 10.4. The van der Waals surface area contributed by atoms with Crippen molar-refractivity contribution in [3.8, 4) is 5.75 Å². The fourth-order valence-electron chi connectivity index (χ4n) is 1.82. The van der Waals surface area contributed by atoms with Crippen molar-refractivity contribution in [3.63, 3.8) is 0 Å². The maximum atomic E-state index is 12.1. The van der Waals surface area contributed by atoms with Crippen LogP contribution in [0.25, 0.3) is 6.08 Å². The van der Waals surface area contributed by atoms with Crippen LogP contribution in [0.1, 0.15) is 21.5 Å². The van der Waals surface area contributed by atoms with Crippen molar-refractivity contribution in [1.82, 2.24) is 0 Å². The quantitative estimate of drug-likeness (QED) is 0.776. The molecule has 2 rings (SSSR count). The average molecular weight is 268 g/mol. The number of rotatable bonds is 5. The maximum absolute atomic E-state index is 12.1. The van der Waals surface area contributed by atoms with Gasteiger partial charge in [0.25, 0.3) is 0 Å². The van der Waals surface area contributed by atoms with Gasteiger partial charge in [0.15, 0.2) is 0 Å². The van der Waals surface area contributed by atoms with E-state index < -0.39 is 0 Å². The van der Waals surface area contributed by atoms with Gasteiger partial charge in [-0.15, -0.1) is 0 Å². The van der Waals surface area contributed by atoms with Crippen molar-refractivity contribution in [2.75, 3.05) is 7.11 Å². The monoisotopic (exact) mass is 268 g/mol. The zero-order chi connectivity index (χ0) is 14.4. The predicted molar refractivity (Wildman–Crippen MR) is 78.6 cm³/mol. The molecule has 2 aromatic rings. The van der Waals surface area contributed by atoms with Gasteiger partial charge in [0.1, 0.15) is 12.4 Å². The molecule has 3 nitrogen and oxygen atoms in total. The Balaban J connectivity index is 2.11. The molecule has 0 amide bonds. The minimum absolute atomic E-state index is 0.252. The summed E-state index contributed by atoms with van der Waals surface area (Å²) in [5.74, 6) is 0.311. The van der Waals surface area contributed by atoms with Crippen LogP contribution in [0, 0.1) is 0 Å². The molecule has 0 fully saturated rings. The normalized spacial score (nSPS) is 9.85. The SMILES string of the molecule is C=Cc1cc(OC)ccc1C(=O)OCc1ccccc1. The van der Waals surface area contributed by atoms with Crippen molar-refractivity contribution in [1.29, 1.82) is 0 Å². The van der Waals surface area contributed by atoms with E-state index >= 15 is 0 Å². The Morgan fingerprint density at radius 3 is 2.60 bits per heavy atom. The fourth-order valence-corrected chi connectivity index (χ4v) is 1.82. The minimum Gasteiger partial charge on any atom is -0.497 e. The van der Waals surface area contributed by atoms with E-state index in [4.69, 9.17) is 9.47 Å². The summed E-state index contributed by atoms with van der Waals surface area (Å²) in [6.07, 6.45) is 1.61. The molecule has 0 aliphatic heterocycles. The first kappa shape index (κ1) is 13.9. The van der Waals surface area contributed by atoms with Crippen molar-refractivity contribution in [3.05, 3.63) is 71.8 Å². The van der Waals surface area contributed by atoms with Gasteiger partial charge in [0.2, 0.25) is 0 Å². The van der Waals surface area contributed by atoms with Gasteiger partial charge >= 0.3 is 5.97 Å². The largest absolute Gasteiger partial charge is 0.497 e. The van der Waals surface area contributed by atoms with E-state index in [2.05, 4.69) is 6.58 Å². The van der Waals surface area contributed by atoms with Crippen LogP contribution < -0.4 is 4.74 Å². The summed E-state index contributed by atoms with van der Waals surface area (Å²) in [4.78, 5) is 12.1. The molecule has 0 radical (unpaired) electrons. The third-order valence-corrected chi connectivity index (χ3v) is 2.91. The number of methoxy groups -OCH3 is 1. The van der Waals surface area contributed by atoms with E-state index in [0.717, 1.165) is 5.56 Å². The predicted octanol–water partition coefficient (Wildman–Crippen LogP) is 3.70. The van der Waals surface area contributed by atoms with Gasteiger partial charge in [-0.05, 0) is 29.3 Å². The van der Waals surface area contributed by atoms with Crippen LogP contribution >= 0.6 is 0 Å². The molecule has 0 aliphatic carbocycles. The summed E-state index contributed by atoms with van der Waals surface area (Å²) in [6, 6.07) is 14.7. The number of carbonyl (C=O) groups is 1. The van der Waals surface area contributed by atoms with Crippen LogP contribution in [0.4, 0.5) is 0 Å². The van der Waals surface area contributed by atoms with Crippen LogP contribution in [0.3, 0.4) is 0 Å². The maximum Gasteiger partial charge on any atom is 0.339 e.